The molecule has 0 unspecified atom stereocenters. The minimum absolute atomic E-state index is 0.609. The van der Waals surface area contributed by atoms with Crippen molar-refractivity contribution in [3.05, 3.63) is 29.8 Å². The summed E-state index contributed by atoms with van der Waals surface area (Å²) in [6.45, 7) is 2.11. The molecule has 0 fully saturated rings. The molecule has 0 N–H and O–H groups in total. The van der Waals surface area contributed by atoms with Crippen molar-refractivity contribution >= 4 is 11.4 Å². The highest BCUT2D eigenvalue weighted by Crippen LogP contribution is 2.36. The van der Waals surface area contributed by atoms with Crippen molar-refractivity contribution in [1.82, 2.24) is 0 Å². The smallest absolute Gasteiger partial charge is 0.0630 e. The molecule has 0 bridgehead atoms. The first-order valence-corrected chi connectivity index (χ1v) is 4.76. The Morgan fingerprint density at radius 2 is 2.15 bits per heavy atom. The van der Waals surface area contributed by atoms with Gasteiger partial charge in [0.15, 0.2) is 0 Å². The Bertz CT molecular complexity index is 381. The molecule has 13 heavy (non-hydrogen) atoms. The Hall–Kier alpha value is -1.31. The number of benzene rings is 1. The molecule has 0 radical (unpaired) electrons. The van der Waals surface area contributed by atoms with Gasteiger partial charge in [-0.25, -0.2) is 0 Å². The highest BCUT2D eigenvalue weighted by atomic mass is 15.5. The van der Waals surface area contributed by atoms with Gasteiger partial charge in [-0.15, -0.1) is 0 Å². The predicted octanol–water partition coefficient (Wildman–Crippen LogP) is 2.20. The van der Waals surface area contributed by atoms with Crippen LogP contribution in [0.25, 0.3) is 0 Å². The zero-order valence-corrected chi connectivity index (χ0v) is 7.70. The summed E-state index contributed by atoms with van der Waals surface area (Å²) in [5.41, 5.74) is 4.02. The van der Waals surface area contributed by atoms with Crippen LogP contribution in [0.4, 0.5) is 5.69 Å². The predicted molar refractivity (Wildman–Crippen MR) is 54.1 cm³/mol. The summed E-state index contributed by atoms with van der Waals surface area (Å²) >= 11 is 0. The van der Waals surface area contributed by atoms with Crippen molar-refractivity contribution in [3.63, 3.8) is 0 Å². The minimum Gasteiger partial charge on any atom is -0.262 e. The normalized spacial score (nSPS) is 24.2. The molecule has 2 nitrogen and oxygen atoms in total. The lowest BCUT2D eigenvalue weighted by Crippen LogP contribution is -2.21. The molecule has 1 aromatic carbocycles. The van der Waals surface area contributed by atoms with Crippen molar-refractivity contribution in [2.75, 3.05) is 5.01 Å². The van der Waals surface area contributed by atoms with Gasteiger partial charge in [0, 0.05) is 12.1 Å². The topological polar surface area (TPSA) is 15.6 Å². The maximum atomic E-state index is 4.54. The van der Waals surface area contributed by atoms with Crippen LogP contribution in [0.15, 0.2) is 29.4 Å². The summed E-state index contributed by atoms with van der Waals surface area (Å²) in [7, 11) is 0. The average Bonchev–Trinajstić information content (AvgIpc) is 2.60. The Kier molecular flexibility index (Phi) is 1.29. The lowest BCUT2D eigenvalue weighted by molar-refractivity contribution is 0.704. The molecule has 2 aliphatic heterocycles. The molecule has 0 spiro atoms. The number of nitrogens with zero attached hydrogens (tertiary/aromatic N) is 2. The standard InChI is InChI=1S/C11H12N2/c1-8-6-10-7-9-4-2-3-5-11(9)13(10)12-8/h2-5,10H,6-7H2,1H3/t10-/m1/s1. The monoisotopic (exact) mass is 172 g/mol. The molecule has 0 aromatic heterocycles. The Morgan fingerprint density at radius 3 is 3.08 bits per heavy atom. The van der Waals surface area contributed by atoms with Gasteiger partial charge in [0.1, 0.15) is 0 Å². The van der Waals surface area contributed by atoms with Crippen molar-refractivity contribution in [1.29, 1.82) is 0 Å². The molecule has 3 rings (SSSR count). The first kappa shape index (κ1) is 7.13. The molecule has 2 aliphatic rings. The summed E-state index contributed by atoms with van der Waals surface area (Å²) in [6, 6.07) is 9.18. The van der Waals surface area contributed by atoms with E-state index in [1.807, 2.05) is 0 Å². The number of hydrogen-bond donors (Lipinski definition) is 0. The third-order valence-corrected chi connectivity index (χ3v) is 2.85. The summed E-state index contributed by atoms with van der Waals surface area (Å²) in [5, 5.41) is 6.73. The van der Waals surface area contributed by atoms with Gasteiger partial charge in [0.25, 0.3) is 0 Å². The van der Waals surface area contributed by atoms with Gasteiger partial charge in [-0.05, 0) is 25.0 Å². The molecule has 0 saturated heterocycles. The molecule has 2 heteroatoms. The zero-order valence-electron chi connectivity index (χ0n) is 7.70. The number of fused-ring (bicyclic) bond motifs is 3. The van der Waals surface area contributed by atoms with Crippen molar-refractivity contribution in [2.24, 2.45) is 5.10 Å². The molecular weight excluding hydrogens is 160 g/mol. The summed E-state index contributed by atoms with van der Waals surface area (Å²) in [4.78, 5) is 0. The van der Waals surface area contributed by atoms with E-state index in [1.165, 1.54) is 17.0 Å². The maximum absolute atomic E-state index is 4.54. The van der Waals surface area contributed by atoms with Crippen LogP contribution in [0, 0.1) is 0 Å². The van der Waals surface area contributed by atoms with E-state index in [-0.39, 0.29) is 0 Å². The number of para-hydroxylation sites is 1. The zero-order chi connectivity index (χ0) is 8.84. The van der Waals surface area contributed by atoms with Crippen LogP contribution >= 0.6 is 0 Å². The summed E-state index contributed by atoms with van der Waals surface area (Å²) in [6.07, 6.45) is 2.30. The number of hydrogen-bond acceptors (Lipinski definition) is 2. The van der Waals surface area contributed by atoms with E-state index < -0.39 is 0 Å². The SMILES string of the molecule is CC1=NN2c3ccccc3C[C@H]2C1. The van der Waals surface area contributed by atoms with Crippen LogP contribution in [-0.2, 0) is 6.42 Å². The van der Waals surface area contributed by atoms with Crippen LogP contribution in [0.5, 0.6) is 0 Å². The largest absolute Gasteiger partial charge is 0.262 e. The first-order chi connectivity index (χ1) is 6.34. The second-order valence-electron chi connectivity index (χ2n) is 3.87. The van der Waals surface area contributed by atoms with Crippen LogP contribution in [0.3, 0.4) is 0 Å². The minimum atomic E-state index is 0.609. The average molecular weight is 172 g/mol. The fraction of sp³-hybridized carbons (Fsp3) is 0.364. The molecule has 2 heterocycles. The highest BCUT2D eigenvalue weighted by molar-refractivity contribution is 5.87. The van der Waals surface area contributed by atoms with Gasteiger partial charge in [-0.2, -0.15) is 5.10 Å². The summed E-state index contributed by atoms with van der Waals surface area (Å²) in [5.74, 6) is 0. The quantitative estimate of drug-likeness (QED) is 0.585. The van der Waals surface area contributed by atoms with Crippen LogP contribution in [0.2, 0.25) is 0 Å². The van der Waals surface area contributed by atoms with E-state index >= 15 is 0 Å². The second-order valence-corrected chi connectivity index (χ2v) is 3.87. The fourth-order valence-electron chi connectivity index (χ4n) is 2.30. The lowest BCUT2D eigenvalue weighted by atomic mass is 10.1. The van der Waals surface area contributed by atoms with Crippen molar-refractivity contribution in [3.8, 4) is 0 Å². The second kappa shape index (κ2) is 2.34. The van der Waals surface area contributed by atoms with Gasteiger partial charge in [0.2, 0.25) is 0 Å². The van der Waals surface area contributed by atoms with Crippen LogP contribution < -0.4 is 5.01 Å². The van der Waals surface area contributed by atoms with E-state index in [4.69, 9.17) is 0 Å². The fourth-order valence-corrected chi connectivity index (χ4v) is 2.30. The Labute approximate surface area is 77.9 Å². The number of anilines is 1. The van der Waals surface area contributed by atoms with Crippen molar-refractivity contribution < 1.29 is 0 Å². The number of hydrazone groups is 1. The molecule has 1 atom stereocenters. The van der Waals surface area contributed by atoms with Gasteiger partial charge in [-0.1, -0.05) is 18.2 Å². The van der Waals surface area contributed by atoms with E-state index in [9.17, 15) is 0 Å². The molecule has 0 saturated carbocycles. The third-order valence-electron chi connectivity index (χ3n) is 2.85. The molecule has 66 valence electrons. The Morgan fingerprint density at radius 1 is 1.31 bits per heavy atom. The highest BCUT2D eigenvalue weighted by Gasteiger charge is 2.33. The van der Waals surface area contributed by atoms with Gasteiger partial charge >= 0.3 is 0 Å². The molecule has 0 amide bonds. The maximum Gasteiger partial charge on any atom is 0.0630 e. The van der Waals surface area contributed by atoms with E-state index in [0.717, 1.165) is 12.8 Å². The lowest BCUT2D eigenvalue weighted by Gasteiger charge is -2.13. The summed E-state index contributed by atoms with van der Waals surface area (Å²) < 4.78 is 0. The van der Waals surface area contributed by atoms with Crippen LogP contribution in [-0.4, -0.2) is 11.8 Å². The third kappa shape index (κ3) is 0.916. The van der Waals surface area contributed by atoms with E-state index in [1.54, 1.807) is 0 Å². The molecule has 1 aromatic rings. The van der Waals surface area contributed by atoms with Gasteiger partial charge in [0.05, 0.1) is 11.7 Å². The van der Waals surface area contributed by atoms with E-state index in [2.05, 4.69) is 41.3 Å². The molecule has 0 aliphatic carbocycles. The first-order valence-electron chi connectivity index (χ1n) is 4.76. The molecular formula is C11H12N2. The van der Waals surface area contributed by atoms with Crippen LogP contribution in [0.1, 0.15) is 18.9 Å². The van der Waals surface area contributed by atoms with Gasteiger partial charge in [-0.3, -0.25) is 5.01 Å². The van der Waals surface area contributed by atoms with Gasteiger partial charge < -0.3 is 0 Å². The number of rotatable bonds is 0. The Balaban J connectivity index is 2.10. The van der Waals surface area contributed by atoms with Crippen molar-refractivity contribution in [2.45, 2.75) is 25.8 Å². The van der Waals surface area contributed by atoms with E-state index in [0.29, 0.717) is 6.04 Å².